The molecule has 1 spiro atoms. The number of hydrogen-bond acceptors (Lipinski definition) is 2. The molecule has 1 heterocycles. The number of amides is 1. The summed E-state index contributed by atoms with van der Waals surface area (Å²) in [6, 6.07) is 26.8. The first-order chi connectivity index (χ1) is 15.0. The molecule has 3 nitrogen and oxygen atoms in total. The first-order valence-corrected chi connectivity index (χ1v) is 11.2. The van der Waals surface area contributed by atoms with E-state index in [2.05, 4.69) is 60.0 Å². The van der Waals surface area contributed by atoms with Gasteiger partial charge in [-0.1, -0.05) is 78.9 Å². The number of piperidine rings is 1. The Hall–Kier alpha value is -2.98. The van der Waals surface area contributed by atoms with Gasteiger partial charge in [-0.15, -0.1) is 0 Å². The van der Waals surface area contributed by atoms with Crippen LogP contribution in [0, 0.1) is 0 Å². The van der Waals surface area contributed by atoms with E-state index in [1.807, 2.05) is 36.4 Å². The molecule has 0 saturated carbocycles. The van der Waals surface area contributed by atoms with Gasteiger partial charge in [-0.05, 0) is 54.2 Å². The highest BCUT2D eigenvalue weighted by molar-refractivity contribution is 7.80. The molecule has 4 heteroatoms. The van der Waals surface area contributed by atoms with Crippen LogP contribution in [-0.4, -0.2) is 17.4 Å². The van der Waals surface area contributed by atoms with Gasteiger partial charge in [0.05, 0.1) is 10.4 Å². The van der Waals surface area contributed by atoms with Gasteiger partial charge in [-0.25, -0.2) is 0 Å². The van der Waals surface area contributed by atoms with Crippen molar-refractivity contribution in [2.75, 3.05) is 11.9 Å². The van der Waals surface area contributed by atoms with Crippen molar-refractivity contribution in [1.82, 2.24) is 5.32 Å². The lowest BCUT2D eigenvalue weighted by atomic mass is 9.71. The van der Waals surface area contributed by atoms with Crippen LogP contribution in [0.1, 0.15) is 37.3 Å². The highest BCUT2D eigenvalue weighted by Crippen LogP contribution is 2.54. The van der Waals surface area contributed by atoms with E-state index in [0.717, 1.165) is 47.6 Å². The minimum Gasteiger partial charge on any atom is -0.380 e. The highest BCUT2D eigenvalue weighted by atomic mass is 32.1. The molecular weight excluding hydrogens is 400 g/mol. The Labute approximate surface area is 188 Å². The summed E-state index contributed by atoms with van der Waals surface area (Å²) in [7, 11) is 0. The van der Waals surface area contributed by atoms with Crippen LogP contribution in [0.3, 0.4) is 0 Å². The topological polar surface area (TPSA) is 41.1 Å². The van der Waals surface area contributed by atoms with Crippen molar-refractivity contribution in [3.05, 3.63) is 90.0 Å². The van der Waals surface area contributed by atoms with E-state index < -0.39 is 5.41 Å². The molecule has 2 aliphatic rings. The summed E-state index contributed by atoms with van der Waals surface area (Å²) in [5.41, 5.74) is 4.92. The lowest BCUT2D eigenvalue weighted by molar-refractivity contribution is -0.121. The van der Waals surface area contributed by atoms with Gasteiger partial charge in [0.1, 0.15) is 0 Å². The second kappa shape index (κ2) is 7.61. The molecule has 3 aromatic rings. The Kier molecular flexibility index (Phi) is 4.90. The predicted octanol–water partition coefficient (Wildman–Crippen LogP) is 5.60. The molecule has 156 valence electrons. The first kappa shape index (κ1) is 20.0. The number of carbonyl (C=O) groups excluding carboxylic acids is 1. The van der Waals surface area contributed by atoms with Gasteiger partial charge in [-0.2, -0.15) is 0 Å². The van der Waals surface area contributed by atoms with Crippen LogP contribution in [-0.2, 0) is 15.6 Å². The Morgan fingerprint density at radius 2 is 1.55 bits per heavy atom. The summed E-state index contributed by atoms with van der Waals surface area (Å²) >= 11 is 5.53. The van der Waals surface area contributed by atoms with E-state index in [1.165, 1.54) is 11.1 Å². The first-order valence-electron chi connectivity index (χ1n) is 10.8. The maximum Gasteiger partial charge on any atom is 0.234 e. The van der Waals surface area contributed by atoms with Gasteiger partial charge < -0.3 is 10.6 Å². The Morgan fingerprint density at radius 3 is 2.26 bits per heavy atom. The molecule has 31 heavy (non-hydrogen) atoms. The second-order valence-electron chi connectivity index (χ2n) is 9.01. The molecule has 1 aliphatic carbocycles. The van der Waals surface area contributed by atoms with Crippen LogP contribution in [0.2, 0.25) is 0 Å². The van der Waals surface area contributed by atoms with Crippen molar-refractivity contribution in [3.63, 3.8) is 0 Å². The number of nitrogens with one attached hydrogen (secondary N) is 2. The zero-order valence-electron chi connectivity index (χ0n) is 17.7. The monoisotopic (exact) mass is 426 g/mol. The van der Waals surface area contributed by atoms with Gasteiger partial charge in [-0.3, -0.25) is 4.79 Å². The summed E-state index contributed by atoms with van der Waals surface area (Å²) in [6.45, 7) is 2.95. The quantitative estimate of drug-likeness (QED) is 0.536. The summed E-state index contributed by atoms with van der Waals surface area (Å²) < 4.78 is 0. The Morgan fingerprint density at radius 1 is 0.903 bits per heavy atom. The van der Waals surface area contributed by atoms with Crippen molar-refractivity contribution >= 4 is 28.8 Å². The molecule has 3 aromatic carbocycles. The molecule has 2 N–H and O–H groups in total. The lowest BCUT2D eigenvalue weighted by Crippen LogP contribution is -2.44. The van der Waals surface area contributed by atoms with Crippen LogP contribution >= 0.6 is 12.2 Å². The molecule has 1 fully saturated rings. The van der Waals surface area contributed by atoms with Crippen LogP contribution in [0.5, 0.6) is 0 Å². The van der Waals surface area contributed by atoms with Crippen molar-refractivity contribution in [2.45, 2.75) is 37.0 Å². The van der Waals surface area contributed by atoms with Crippen LogP contribution in [0.15, 0.2) is 78.9 Å². The zero-order valence-corrected chi connectivity index (χ0v) is 18.5. The maximum absolute atomic E-state index is 13.6. The van der Waals surface area contributed by atoms with Gasteiger partial charge in [0, 0.05) is 24.1 Å². The van der Waals surface area contributed by atoms with Crippen molar-refractivity contribution in [1.29, 1.82) is 0 Å². The number of anilines is 1. The minimum atomic E-state index is -0.582. The molecule has 0 radical (unpaired) electrons. The van der Waals surface area contributed by atoms with Gasteiger partial charge in [0.15, 0.2) is 0 Å². The maximum atomic E-state index is 13.6. The van der Waals surface area contributed by atoms with Gasteiger partial charge in [0.2, 0.25) is 5.91 Å². The third-order valence-corrected chi connectivity index (χ3v) is 7.25. The fourth-order valence-corrected chi connectivity index (χ4v) is 5.80. The number of benzene rings is 3. The van der Waals surface area contributed by atoms with Gasteiger partial charge in [0.25, 0.3) is 0 Å². The summed E-state index contributed by atoms with van der Waals surface area (Å²) in [6.07, 6.45) is 2.60. The van der Waals surface area contributed by atoms with Crippen molar-refractivity contribution in [2.24, 2.45) is 0 Å². The van der Waals surface area contributed by atoms with Crippen LogP contribution < -0.4 is 10.6 Å². The largest absolute Gasteiger partial charge is 0.380 e. The molecule has 2 unspecified atom stereocenters. The summed E-state index contributed by atoms with van der Waals surface area (Å²) in [5.74, 6) is 0.0498. The Balaban J connectivity index is 1.42. The van der Waals surface area contributed by atoms with Crippen LogP contribution in [0.25, 0.3) is 11.1 Å². The van der Waals surface area contributed by atoms with E-state index in [1.54, 1.807) is 0 Å². The zero-order chi connectivity index (χ0) is 21.5. The lowest BCUT2D eigenvalue weighted by Gasteiger charge is -2.37. The van der Waals surface area contributed by atoms with Gasteiger partial charge >= 0.3 is 0 Å². The minimum absolute atomic E-state index is 0.0498. The standard InChI is InChI=1S/C27H26N2OS/c1-26(18-27(15-16-28-24(31)17-27)23-10-6-5-9-22(23)26)25(30)29-21-13-11-20(12-14-21)19-7-3-2-4-8-19/h2-14H,15-18H2,1H3,(H,28,31)(H,29,30). The number of thiocarbonyl (C=S) groups is 1. The number of fused-ring (bicyclic) bond motifs is 2. The normalized spacial score (nSPS) is 24.5. The molecule has 1 aliphatic heterocycles. The van der Waals surface area contributed by atoms with Crippen molar-refractivity contribution < 1.29 is 4.79 Å². The number of hydrogen-bond donors (Lipinski definition) is 2. The number of rotatable bonds is 3. The molecule has 1 amide bonds. The molecule has 1 saturated heterocycles. The van der Waals surface area contributed by atoms with Crippen LogP contribution in [0.4, 0.5) is 5.69 Å². The molecular formula is C27H26N2OS. The number of carbonyl (C=O) groups is 1. The summed E-state index contributed by atoms with van der Waals surface area (Å²) in [5, 5.41) is 6.50. The third kappa shape index (κ3) is 3.45. The molecule has 5 rings (SSSR count). The van der Waals surface area contributed by atoms with E-state index in [9.17, 15) is 4.79 Å². The molecule has 0 aromatic heterocycles. The van der Waals surface area contributed by atoms with E-state index in [0.29, 0.717) is 0 Å². The van der Waals surface area contributed by atoms with E-state index in [4.69, 9.17) is 12.2 Å². The molecule has 0 bridgehead atoms. The van der Waals surface area contributed by atoms with E-state index >= 15 is 0 Å². The smallest absolute Gasteiger partial charge is 0.234 e. The SMILES string of the molecule is CC1(C(=O)Nc2ccc(-c3ccccc3)cc2)CC2(CCNC(=S)C2)c2ccccc21. The average molecular weight is 427 g/mol. The Bertz CT molecular complexity index is 1140. The summed E-state index contributed by atoms with van der Waals surface area (Å²) in [4.78, 5) is 14.5. The van der Waals surface area contributed by atoms with Crippen molar-refractivity contribution in [3.8, 4) is 11.1 Å². The predicted molar refractivity (Wildman–Crippen MR) is 130 cm³/mol. The molecule has 2 atom stereocenters. The third-order valence-electron chi connectivity index (χ3n) is 6.96. The highest BCUT2D eigenvalue weighted by Gasteiger charge is 2.54. The fourth-order valence-electron chi connectivity index (χ4n) is 5.42. The second-order valence-corrected chi connectivity index (χ2v) is 9.50. The average Bonchev–Trinajstić information content (AvgIpc) is 3.04. The fraction of sp³-hybridized carbons (Fsp3) is 0.259. The van der Waals surface area contributed by atoms with E-state index in [-0.39, 0.29) is 11.3 Å².